The first kappa shape index (κ1) is 14.2. The van der Waals surface area contributed by atoms with E-state index in [9.17, 15) is 5.11 Å². The minimum atomic E-state index is -0.0797. The molecule has 0 radical (unpaired) electrons. The van der Waals surface area contributed by atoms with Crippen molar-refractivity contribution in [3.05, 3.63) is 30.1 Å². The molecule has 0 unspecified atom stereocenters. The quantitative estimate of drug-likeness (QED) is 0.897. The van der Waals surface area contributed by atoms with Crippen LogP contribution in [0.5, 0.6) is 11.5 Å². The van der Waals surface area contributed by atoms with Crippen molar-refractivity contribution in [1.29, 1.82) is 0 Å². The largest absolute Gasteiger partial charge is 0.504 e. The maximum atomic E-state index is 9.70. The molecule has 0 bridgehead atoms. The zero-order chi connectivity index (χ0) is 14.8. The third kappa shape index (κ3) is 3.20. The van der Waals surface area contributed by atoms with E-state index in [2.05, 4.69) is 36.4 Å². The van der Waals surface area contributed by atoms with Crippen LogP contribution in [0.15, 0.2) is 24.4 Å². The van der Waals surface area contributed by atoms with Gasteiger partial charge in [-0.15, -0.1) is 5.10 Å². The average molecular weight is 276 g/mol. The number of aromatic hydroxyl groups is 1. The van der Waals surface area contributed by atoms with Gasteiger partial charge in [-0.3, -0.25) is 0 Å². The molecule has 0 spiro atoms. The van der Waals surface area contributed by atoms with Gasteiger partial charge in [-0.05, 0) is 32.9 Å². The van der Waals surface area contributed by atoms with Gasteiger partial charge in [0.15, 0.2) is 11.5 Å². The van der Waals surface area contributed by atoms with E-state index in [1.54, 1.807) is 12.1 Å². The van der Waals surface area contributed by atoms with Crippen molar-refractivity contribution in [2.45, 2.75) is 32.9 Å². The van der Waals surface area contributed by atoms with Crippen molar-refractivity contribution in [2.24, 2.45) is 0 Å². The summed E-state index contributed by atoms with van der Waals surface area (Å²) in [5, 5.41) is 21.1. The van der Waals surface area contributed by atoms with Crippen LogP contribution in [0, 0.1) is 0 Å². The van der Waals surface area contributed by atoms with Crippen LogP contribution in [0.25, 0.3) is 0 Å². The summed E-state index contributed by atoms with van der Waals surface area (Å²) < 4.78 is 6.83. The van der Waals surface area contributed by atoms with Gasteiger partial charge in [-0.25, -0.2) is 4.68 Å². The molecule has 0 amide bonds. The highest BCUT2D eigenvalue weighted by atomic mass is 16.5. The molecule has 1 heterocycles. The maximum absolute atomic E-state index is 9.70. The van der Waals surface area contributed by atoms with E-state index in [4.69, 9.17) is 4.74 Å². The van der Waals surface area contributed by atoms with Crippen LogP contribution in [0.1, 0.15) is 26.5 Å². The van der Waals surface area contributed by atoms with E-state index >= 15 is 0 Å². The van der Waals surface area contributed by atoms with E-state index in [1.807, 2.05) is 16.9 Å². The molecule has 2 aromatic rings. The summed E-state index contributed by atoms with van der Waals surface area (Å²) in [6.45, 7) is 6.75. The molecule has 1 aromatic carbocycles. The number of aromatic nitrogens is 3. The molecule has 6 nitrogen and oxygen atoms in total. The van der Waals surface area contributed by atoms with E-state index in [1.165, 1.54) is 7.11 Å². The summed E-state index contributed by atoms with van der Waals surface area (Å²) >= 11 is 0. The third-order valence-corrected chi connectivity index (χ3v) is 2.88. The number of ether oxygens (including phenoxy) is 1. The zero-order valence-electron chi connectivity index (χ0n) is 12.2. The van der Waals surface area contributed by atoms with Crippen LogP contribution in [-0.2, 0) is 12.1 Å². The highest BCUT2D eigenvalue weighted by molar-refractivity contribution is 5.54. The number of phenols is 1. The van der Waals surface area contributed by atoms with Gasteiger partial charge in [0.25, 0.3) is 0 Å². The summed E-state index contributed by atoms with van der Waals surface area (Å²) in [7, 11) is 1.52. The van der Waals surface area contributed by atoms with Crippen molar-refractivity contribution in [3.8, 4) is 11.5 Å². The fourth-order valence-corrected chi connectivity index (χ4v) is 1.70. The van der Waals surface area contributed by atoms with Crippen molar-refractivity contribution in [2.75, 3.05) is 12.4 Å². The lowest BCUT2D eigenvalue weighted by atomic mass is 10.1. The second-order valence-electron chi connectivity index (χ2n) is 5.57. The molecule has 0 fully saturated rings. The lowest BCUT2D eigenvalue weighted by Crippen LogP contribution is -2.22. The van der Waals surface area contributed by atoms with Crippen LogP contribution >= 0.6 is 0 Å². The van der Waals surface area contributed by atoms with Crippen LogP contribution in [0.2, 0.25) is 0 Å². The molecule has 0 atom stereocenters. The first-order valence-corrected chi connectivity index (χ1v) is 6.43. The molecule has 0 aliphatic heterocycles. The average Bonchev–Trinajstić information content (AvgIpc) is 2.85. The van der Waals surface area contributed by atoms with Crippen LogP contribution in [0.4, 0.5) is 5.69 Å². The molecule has 6 heteroatoms. The molecule has 108 valence electrons. The van der Waals surface area contributed by atoms with Gasteiger partial charge in [-0.1, -0.05) is 5.21 Å². The van der Waals surface area contributed by atoms with Gasteiger partial charge < -0.3 is 15.2 Å². The van der Waals surface area contributed by atoms with Crippen LogP contribution < -0.4 is 10.1 Å². The van der Waals surface area contributed by atoms with Crippen molar-refractivity contribution < 1.29 is 9.84 Å². The van der Waals surface area contributed by atoms with E-state index in [-0.39, 0.29) is 11.3 Å². The Labute approximate surface area is 118 Å². The van der Waals surface area contributed by atoms with E-state index < -0.39 is 0 Å². The van der Waals surface area contributed by atoms with Crippen LogP contribution in [-0.4, -0.2) is 27.2 Å². The Bertz CT molecular complexity index is 587. The van der Waals surface area contributed by atoms with Gasteiger partial charge in [0.1, 0.15) is 5.69 Å². The highest BCUT2D eigenvalue weighted by Gasteiger charge is 2.14. The predicted molar refractivity (Wildman–Crippen MR) is 77.0 cm³/mol. The molecule has 0 saturated heterocycles. The number of benzene rings is 1. The predicted octanol–water partition coefficient (Wildman–Crippen LogP) is 2.36. The third-order valence-electron chi connectivity index (χ3n) is 2.88. The molecule has 2 rings (SSSR count). The second-order valence-corrected chi connectivity index (χ2v) is 5.57. The molecular formula is C14H20N4O2. The summed E-state index contributed by atoms with van der Waals surface area (Å²) in [6.07, 6.45) is 1.91. The monoisotopic (exact) mass is 276 g/mol. The van der Waals surface area contributed by atoms with Crippen molar-refractivity contribution in [1.82, 2.24) is 15.0 Å². The number of anilines is 1. The zero-order valence-corrected chi connectivity index (χ0v) is 12.2. The Morgan fingerprint density at radius 1 is 1.35 bits per heavy atom. The number of phenolic OH excluding ortho intramolecular Hbond substituents is 1. The number of rotatable bonds is 4. The molecule has 2 N–H and O–H groups in total. The van der Waals surface area contributed by atoms with Crippen LogP contribution in [0.3, 0.4) is 0 Å². The van der Waals surface area contributed by atoms with Crippen molar-refractivity contribution >= 4 is 5.69 Å². The standard InChI is InChI=1S/C14H20N4O2/c1-14(2,3)18-9-11(16-17-18)8-15-10-5-6-13(20-4)12(19)7-10/h5-7,9,15,19H,8H2,1-4H3. The Kier molecular flexibility index (Phi) is 3.83. The number of nitrogens with one attached hydrogen (secondary N) is 1. The van der Waals surface area contributed by atoms with Gasteiger partial charge in [0.05, 0.1) is 25.4 Å². The minimum absolute atomic E-state index is 0.0797. The van der Waals surface area contributed by atoms with Gasteiger partial charge in [-0.2, -0.15) is 0 Å². The smallest absolute Gasteiger partial charge is 0.160 e. The molecule has 0 aliphatic rings. The summed E-state index contributed by atoms with van der Waals surface area (Å²) in [4.78, 5) is 0. The minimum Gasteiger partial charge on any atom is -0.504 e. The number of methoxy groups -OCH3 is 1. The SMILES string of the molecule is COc1ccc(NCc2cn(C(C)(C)C)nn2)cc1O. The Hall–Kier alpha value is -2.24. The first-order valence-electron chi connectivity index (χ1n) is 6.43. The van der Waals surface area contributed by atoms with Gasteiger partial charge >= 0.3 is 0 Å². The number of nitrogens with zero attached hydrogens (tertiary/aromatic N) is 3. The van der Waals surface area contributed by atoms with E-state index in [0.29, 0.717) is 12.3 Å². The fourth-order valence-electron chi connectivity index (χ4n) is 1.70. The number of hydrogen-bond donors (Lipinski definition) is 2. The van der Waals surface area contributed by atoms with Crippen molar-refractivity contribution in [3.63, 3.8) is 0 Å². The highest BCUT2D eigenvalue weighted by Crippen LogP contribution is 2.28. The topological polar surface area (TPSA) is 72.2 Å². The van der Waals surface area contributed by atoms with Gasteiger partial charge in [0.2, 0.25) is 0 Å². The summed E-state index contributed by atoms with van der Waals surface area (Å²) in [6, 6.07) is 5.17. The summed E-state index contributed by atoms with van der Waals surface area (Å²) in [5.74, 6) is 0.560. The lowest BCUT2D eigenvalue weighted by molar-refractivity contribution is 0.347. The molecule has 0 saturated carbocycles. The second kappa shape index (κ2) is 5.40. The normalized spacial score (nSPS) is 11.4. The van der Waals surface area contributed by atoms with E-state index in [0.717, 1.165) is 11.4 Å². The maximum Gasteiger partial charge on any atom is 0.160 e. The Morgan fingerprint density at radius 3 is 2.65 bits per heavy atom. The molecule has 0 aliphatic carbocycles. The first-order chi connectivity index (χ1) is 9.40. The Balaban J connectivity index is 2.02. The van der Waals surface area contributed by atoms with Gasteiger partial charge in [0, 0.05) is 11.8 Å². The molecular weight excluding hydrogens is 256 g/mol. The lowest BCUT2D eigenvalue weighted by Gasteiger charge is -2.17. The number of hydrogen-bond acceptors (Lipinski definition) is 5. The summed E-state index contributed by atoms with van der Waals surface area (Å²) in [5.41, 5.74) is 1.56. The molecule has 1 aromatic heterocycles. The fraction of sp³-hybridized carbons (Fsp3) is 0.429. The molecule has 20 heavy (non-hydrogen) atoms. The Morgan fingerprint density at radius 2 is 2.10 bits per heavy atom.